The highest BCUT2D eigenvalue weighted by atomic mass is 16.5. The van der Waals surface area contributed by atoms with Gasteiger partial charge >= 0.3 is 0 Å². The largest absolute Gasteiger partial charge is 0.485 e. The molecule has 12 rings (SSSR count). The van der Waals surface area contributed by atoms with Crippen molar-refractivity contribution in [3.05, 3.63) is 211 Å². The van der Waals surface area contributed by atoms with Gasteiger partial charge in [0.1, 0.15) is 23.0 Å². The molecule has 288 valence electrons. The van der Waals surface area contributed by atoms with E-state index in [2.05, 4.69) is 165 Å². The first-order valence-electron chi connectivity index (χ1n) is 20.7. The summed E-state index contributed by atoms with van der Waals surface area (Å²) >= 11 is 0. The summed E-state index contributed by atoms with van der Waals surface area (Å²) in [6.07, 6.45) is 6.46. The summed E-state index contributed by atoms with van der Waals surface area (Å²) in [5, 5.41) is 4.30. The summed E-state index contributed by atoms with van der Waals surface area (Å²) in [5.41, 5.74) is 11.8. The first-order valence-corrected chi connectivity index (χ1v) is 20.7. The van der Waals surface area contributed by atoms with Crippen molar-refractivity contribution >= 4 is 38.3 Å². The van der Waals surface area contributed by atoms with E-state index < -0.39 is 0 Å². The van der Waals surface area contributed by atoms with Crippen LogP contribution in [0.1, 0.15) is 18.1 Å². The van der Waals surface area contributed by atoms with Gasteiger partial charge in [0.05, 0.1) is 11.0 Å². The minimum atomic E-state index is -0.320. The molecule has 0 fully saturated rings. The molecular formula is C56H37N3O2. The Kier molecular flexibility index (Phi) is 7.97. The fraction of sp³-hybridized carbons (Fsp3) is 0.0536. The Hall–Kier alpha value is -7.89. The van der Waals surface area contributed by atoms with Gasteiger partial charge in [0.15, 0.2) is 17.5 Å². The topological polar surface area (TPSA) is 61.0 Å². The van der Waals surface area contributed by atoms with Crippen LogP contribution in [0, 0.1) is 0 Å². The normalized spacial score (nSPS) is 16.7. The highest BCUT2D eigenvalue weighted by Crippen LogP contribution is 2.52. The van der Waals surface area contributed by atoms with E-state index in [0.717, 1.165) is 83.0 Å². The Balaban J connectivity index is 1.05. The Morgan fingerprint density at radius 3 is 1.89 bits per heavy atom. The molecule has 10 aromatic rings. The molecule has 0 amide bonds. The molecule has 2 unspecified atom stereocenters. The lowest BCUT2D eigenvalue weighted by molar-refractivity contribution is 0.233. The van der Waals surface area contributed by atoms with Gasteiger partial charge in [-0.15, -0.1) is 0 Å². The molecule has 0 saturated carbocycles. The molecule has 0 radical (unpaired) electrons. The highest BCUT2D eigenvalue weighted by Gasteiger charge is 2.48. The lowest BCUT2D eigenvalue weighted by Gasteiger charge is -2.34. The fourth-order valence-corrected chi connectivity index (χ4v) is 9.34. The van der Waals surface area contributed by atoms with Gasteiger partial charge in [0, 0.05) is 27.5 Å². The van der Waals surface area contributed by atoms with Crippen molar-refractivity contribution in [2.45, 2.75) is 18.4 Å². The average molecular weight is 784 g/mol. The third kappa shape index (κ3) is 5.81. The van der Waals surface area contributed by atoms with Crippen molar-refractivity contribution in [2.75, 3.05) is 0 Å². The Bertz CT molecular complexity index is 3360. The molecule has 0 bridgehead atoms. The summed E-state index contributed by atoms with van der Waals surface area (Å²) in [6, 6.07) is 63.5. The van der Waals surface area contributed by atoms with Gasteiger partial charge in [-0.25, -0.2) is 15.0 Å². The zero-order valence-corrected chi connectivity index (χ0v) is 33.3. The van der Waals surface area contributed by atoms with Crippen molar-refractivity contribution in [3.8, 4) is 62.2 Å². The van der Waals surface area contributed by atoms with Crippen molar-refractivity contribution in [1.29, 1.82) is 0 Å². The molecule has 5 heteroatoms. The van der Waals surface area contributed by atoms with Crippen LogP contribution in [0.15, 0.2) is 205 Å². The number of para-hydroxylation sites is 3. The molecule has 0 saturated heterocycles. The molecule has 2 aliphatic rings. The maximum atomic E-state index is 6.55. The van der Waals surface area contributed by atoms with E-state index >= 15 is 0 Å². The second-order valence-electron chi connectivity index (χ2n) is 16.1. The second kappa shape index (κ2) is 13.9. The van der Waals surface area contributed by atoms with Crippen molar-refractivity contribution in [3.63, 3.8) is 0 Å². The maximum absolute atomic E-state index is 6.55. The average Bonchev–Trinajstić information content (AvgIpc) is 3.86. The van der Waals surface area contributed by atoms with Gasteiger partial charge in [-0.1, -0.05) is 146 Å². The first kappa shape index (κ1) is 35.1. The van der Waals surface area contributed by atoms with E-state index in [-0.39, 0.29) is 11.5 Å². The van der Waals surface area contributed by atoms with Gasteiger partial charge in [-0.05, 0) is 106 Å². The fourth-order valence-electron chi connectivity index (χ4n) is 9.34. The number of nitrogens with zero attached hydrogens (tertiary/aromatic N) is 3. The van der Waals surface area contributed by atoms with Gasteiger partial charge in [0.2, 0.25) is 0 Å². The predicted octanol–water partition coefficient (Wildman–Crippen LogP) is 13.9. The van der Waals surface area contributed by atoms with E-state index in [4.69, 9.17) is 24.1 Å². The van der Waals surface area contributed by atoms with Crippen molar-refractivity contribution in [1.82, 2.24) is 15.0 Å². The van der Waals surface area contributed by atoms with Crippen molar-refractivity contribution in [2.24, 2.45) is 0 Å². The van der Waals surface area contributed by atoms with E-state index in [0.29, 0.717) is 17.5 Å². The third-order valence-electron chi connectivity index (χ3n) is 12.5. The monoisotopic (exact) mass is 783 g/mol. The van der Waals surface area contributed by atoms with Gasteiger partial charge in [-0.3, -0.25) is 0 Å². The number of hydrogen-bond donors (Lipinski definition) is 0. The van der Waals surface area contributed by atoms with E-state index in [1.165, 1.54) is 11.1 Å². The first-order chi connectivity index (χ1) is 30.1. The van der Waals surface area contributed by atoms with Crippen molar-refractivity contribution < 1.29 is 9.15 Å². The molecule has 0 spiro atoms. The van der Waals surface area contributed by atoms with Crippen LogP contribution in [0.2, 0.25) is 0 Å². The van der Waals surface area contributed by atoms with Gasteiger partial charge < -0.3 is 9.15 Å². The van der Waals surface area contributed by atoms with Crippen LogP contribution in [0.4, 0.5) is 0 Å². The number of furan rings is 1. The number of benzene rings is 8. The Labute approximate surface area is 353 Å². The lowest BCUT2D eigenvalue weighted by atomic mass is 9.68. The minimum absolute atomic E-state index is 0.0759. The molecule has 5 nitrogen and oxygen atoms in total. The number of allylic oxidation sites excluding steroid dienone is 2. The highest BCUT2D eigenvalue weighted by molar-refractivity contribution is 6.09. The Morgan fingerprint density at radius 2 is 1.10 bits per heavy atom. The van der Waals surface area contributed by atoms with Crippen LogP contribution >= 0.6 is 0 Å². The van der Waals surface area contributed by atoms with E-state index in [1.54, 1.807) is 0 Å². The van der Waals surface area contributed by atoms with Gasteiger partial charge in [0.25, 0.3) is 0 Å². The number of hydrogen-bond acceptors (Lipinski definition) is 5. The number of rotatable bonds is 6. The Morgan fingerprint density at radius 1 is 0.475 bits per heavy atom. The molecule has 0 N–H and O–H groups in total. The summed E-state index contributed by atoms with van der Waals surface area (Å²) in [5.74, 6) is 2.65. The van der Waals surface area contributed by atoms with E-state index in [9.17, 15) is 0 Å². The lowest BCUT2D eigenvalue weighted by Crippen LogP contribution is -2.36. The van der Waals surface area contributed by atoms with Crippen LogP contribution < -0.4 is 4.74 Å². The molecule has 8 aromatic carbocycles. The number of aromatic nitrogens is 3. The molecule has 2 atom stereocenters. The van der Waals surface area contributed by atoms with Gasteiger partial charge in [-0.2, -0.15) is 0 Å². The summed E-state index contributed by atoms with van der Waals surface area (Å²) in [7, 11) is 0. The zero-order valence-electron chi connectivity index (χ0n) is 33.3. The summed E-state index contributed by atoms with van der Waals surface area (Å²) < 4.78 is 13.0. The molecule has 3 heterocycles. The molecule has 61 heavy (non-hydrogen) atoms. The quantitative estimate of drug-likeness (QED) is 0.168. The zero-order chi connectivity index (χ0) is 40.5. The third-order valence-corrected chi connectivity index (χ3v) is 12.5. The molecule has 1 aliphatic heterocycles. The maximum Gasteiger partial charge on any atom is 0.167 e. The van der Waals surface area contributed by atoms with E-state index in [1.807, 2.05) is 42.5 Å². The molecular weight excluding hydrogens is 747 g/mol. The standard InChI is InChI=1S/C56H37N3O2/c1-56-47(22-13-25-51(56)60-50-24-11-9-21-48(50)56)38-28-26-37-27-29-39(31-40(37)30-38)53-57-54(59-55(58-53)46-20-12-19-45-44-18-8-10-23-49(44)61-52(45)46)43-33-41(35-14-4-2-5-15-35)32-42(34-43)36-16-6-3-7-17-36/h2-34,51H,1H3. The second-order valence-corrected chi connectivity index (χ2v) is 16.1. The summed E-state index contributed by atoms with van der Waals surface area (Å²) in [6.45, 7) is 2.30. The number of ether oxygens (including phenoxy) is 1. The molecule has 2 aromatic heterocycles. The molecule has 1 aliphatic carbocycles. The van der Waals surface area contributed by atoms with Crippen LogP contribution in [0.5, 0.6) is 5.75 Å². The summed E-state index contributed by atoms with van der Waals surface area (Å²) in [4.78, 5) is 15.8. The smallest absolute Gasteiger partial charge is 0.167 e. The van der Waals surface area contributed by atoms with Crippen LogP contribution in [0.25, 0.3) is 94.7 Å². The van der Waals surface area contributed by atoms with Crippen LogP contribution in [-0.2, 0) is 5.41 Å². The minimum Gasteiger partial charge on any atom is -0.485 e. The predicted molar refractivity (Wildman–Crippen MR) is 247 cm³/mol. The van der Waals surface area contributed by atoms with Crippen LogP contribution in [0.3, 0.4) is 0 Å². The van der Waals surface area contributed by atoms with Crippen LogP contribution in [-0.4, -0.2) is 21.1 Å². The number of fused-ring (bicyclic) bond motifs is 7. The SMILES string of the molecule is CC12C(c3ccc4ccc(-c5nc(-c6cc(-c7ccccc7)cc(-c7ccccc7)c6)nc(-c6cccc7c6oc6ccccc67)n5)cc4c3)=CC=CC1Oc1ccccc12.